The highest BCUT2D eigenvalue weighted by Gasteiger charge is 2.26. The number of amides is 3. The van der Waals surface area contributed by atoms with Gasteiger partial charge in [0.05, 0.1) is 17.1 Å². The molecule has 144 valence electrons. The number of urea groups is 1. The Kier molecular flexibility index (Phi) is 5.05. The van der Waals surface area contributed by atoms with Crippen molar-refractivity contribution in [3.63, 3.8) is 0 Å². The van der Waals surface area contributed by atoms with Crippen LogP contribution in [-0.4, -0.2) is 28.4 Å². The van der Waals surface area contributed by atoms with Crippen molar-refractivity contribution in [3.05, 3.63) is 62.8 Å². The number of anilines is 2. The van der Waals surface area contributed by atoms with Crippen LogP contribution in [0.4, 0.5) is 24.4 Å². The SMILES string of the molecule is O=C(Nc1nc2c(s1)CN(C(=O)Nc1c(F)cccc1F)CC2)c1cccs1. The highest BCUT2D eigenvalue weighted by Crippen LogP contribution is 2.29. The highest BCUT2D eigenvalue weighted by molar-refractivity contribution is 7.16. The molecule has 0 bridgehead atoms. The molecule has 6 nitrogen and oxygen atoms in total. The summed E-state index contributed by atoms with van der Waals surface area (Å²) in [5.74, 6) is -1.89. The van der Waals surface area contributed by atoms with Crippen molar-refractivity contribution in [3.8, 4) is 0 Å². The lowest BCUT2D eigenvalue weighted by atomic mass is 10.2. The predicted octanol–water partition coefficient (Wildman–Crippen LogP) is 4.33. The van der Waals surface area contributed by atoms with Crippen LogP contribution >= 0.6 is 22.7 Å². The first-order chi connectivity index (χ1) is 13.5. The first kappa shape index (κ1) is 18.5. The number of carbonyl (C=O) groups is 2. The second-order valence-corrected chi connectivity index (χ2v) is 8.05. The molecule has 1 aliphatic rings. The molecule has 1 aromatic carbocycles. The Morgan fingerprint density at radius 2 is 1.89 bits per heavy atom. The number of para-hydroxylation sites is 1. The Morgan fingerprint density at radius 1 is 1.11 bits per heavy atom. The number of carbonyl (C=O) groups excluding carboxylic acids is 2. The average molecular weight is 420 g/mol. The second-order valence-electron chi connectivity index (χ2n) is 6.02. The third-order valence-corrected chi connectivity index (χ3v) is 6.05. The van der Waals surface area contributed by atoms with Crippen LogP contribution in [0.15, 0.2) is 35.7 Å². The Balaban J connectivity index is 1.44. The molecule has 0 saturated carbocycles. The molecule has 10 heteroatoms. The molecule has 0 radical (unpaired) electrons. The van der Waals surface area contributed by atoms with E-state index in [9.17, 15) is 18.4 Å². The van der Waals surface area contributed by atoms with Crippen molar-refractivity contribution in [2.24, 2.45) is 0 Å². The summed E-state index contributed by atoms with van der Waals surface area (Å²) in [4.78, 5) is 31.9. The number of fused-ring (bicyclic) bond motifs is 1. The molecule has 1 aliphatic heterocycles. The minimum atomic E-state index is -0.831. The summed E-state index contributed by atoms with van der Waals surface area (Å²) in [6.45, 7) is 0.612. The van der Waals surface area contributed by atoms with Crippen LogP contribution in [0.25, 0.3) is 0 Å². The van der Waals surface area contributed by atoms with Crippen LogP contribution in [0.3, 0.4) is 0 Å². The zero-order chi connectivity index (χ0) is 19.7. The van der Waals surface area contributed by atoms with Crippen molar-refractivity contribution in [2.45, 2.75) is 13.0 Å². The van der Waals surface area contributed by atoms with E-state index in [2.05, 4.69) is 15.6 Å². The lowest BCUT2D eigenvalue weighted by molar-refractivity contribution is 0.103. The van der Waals surface area contributed by atoms with Crippen LogP contribution in [-0.2, 0) is 13.0 Å². The standard InChI is InChI=1S/C18H14F2N4O2S2/c19-10-3-1-4-11(20)15(10)22-18(26)24-7-6-12-14(9-24)28-17(21-12)23-16(25)13-5-2-8-27-13/h1-5,8H,6-7,9H2,(H,22,26)(H,21,23,25). The molecule has 4 rings (SSSR count). The van der Waals surface area contributed by atoms with Crippen molar-refractivity contribution in [1.82, 2.24) is 9.88 Å². The maximum absolute atomic E-state index is 13.7. The van der Waals surface area contributed by atoms with Gasteiger partial charge < -0.3 is 10.2 Å². The van der Waals surface area contributed by atoms with E-state index in [-0.39, 0.29) is 12.5 Å². The van der Waals surface area contributed by atoms with Crippen molar-refractivity contribution < 1.29 is 18.4 Å². The summed E-state index contributed by atoms with van der Waals surface area (Å²) in [6.07, 6.45) is 0.494. The van der Waals surface area contributed by atoms with E-state index in [1.54, 1.807) is 12.1 Å². The van der Waals surface area contributed by atoms with Gasteiger partial charge in [0, 0.05) is 17.8 Å². The van der Waals surface area contributed by atoms with E-state index in [1.807, 2.05) is 5.38 Å². The van der Waals surface area contributed by atoms with E-state index < -0.39 is 23.4 Å². The first-order valence-electron chi connectivity index (χ1n) is 8.34. The fraction of sp³-hybridized carbons (Fsp3) is 0.167. The lowest BCUT2D eigenvalue weighted by Gasteiger charge is -2.26. The monoisotopic (exact) mass is 420 g/mol. The minimum Gasteiger partial charge on any atom is -0.319 e. The van der Waals surface area contributed by atoms with Crippen molar-refractivity contribution in [1.29, 1.82) is 0 Å². The highest BCUT2D eigenvalue weighted by atomic mass is 32.1. The summed E-state index contributed by atoms with van der Waals surface area (Å²) in [5.41, 5.74) is 0.346. The molecule has 0 unspecified atom stereocenters. The van der Waals surface area contributed by atoms with E-state index in [4.69, 9.17) is 0 Å². The van der Waals surface area contributed by atoms with Crippen LogP contribution in [0.5, 0.6) is 0 Å². The third kappa shape index (κ3) is 3.73. The van der Waals surface area contributed by atoms with E-state index in [0.29, 0.717) is 23.0 Å². The van der Waals surface area contributed by atoms with Gasteiger partial charge in [0.1, 0.15) is 17.3 Å². The fourth-order valence-corrected chi connectivity index (χ4v) is 4.43. The lowest BCUT2D eigenvalue weighted by Crippen LogP contribution is -2.38. The van der Waals surface area contributed by atoms with Crippen molar-refractivity contribution >= 4 is 45.4 Å². The molecule has 0 saturated heterocycles. The Labute approximate surface area is 166 Å². The smallest absolute Gasteiger partial charge is 0.319 e. The molecule has 0 fully saturated rings. The first-order valence-corrected chi connectivity index (χ1v) is 10.0. The van der Waals surface area contributed by atoms with E-state index in [0.717, 1.165) is 22.7 Å². The van der Waals surface area contributed by atoms with Gasteiger partial charge >= 0.3 is 6.03 Å². The van der Waals surface area contributed by atoms with Gasteiger partial charge in [-0.1, -0.05) is 23.5 Å². The molecule has 3 amide bonds. The molecule has 2 N–H and O–H groups in total. The second kappa shape index (κ2) is 7.64. The number of nitrogens with one attached hydrogen (secondary N) is 2. The van der Waals surface area contributed by atoms with Gasteiger partial charge in [0.2, 0.25) is 0 Å². The molecular weight excluding hydrogens is 406 g/mol. The van der Waals surface area contributed by atoms with Gasteiger partial charge in [0.15, 0.2) is 5.13 Å². The summed E-state index contributed by atoms with van der Waals surface area (Å²) >= 11 is 2.62. The normalized spacial score (nSPS) is 13.1. The largest absolute Gasteiger partial charge is 0.322 e. The van der Waals surface area contributed by atoms with Gasteiger partial charge in [-0.25, -0.2) is 18.6 Å². The fourth-order valence-electron chi connectivity index (χ4n) is 2.79. The number of rotatable bonds is 3. The van der Waals surface area contributed by atoms with Gasteiger partial charge in [-0.05, 0) is 23.6 Å². The summed E-state index contributed by atoms with van der Waals surface area (Å²) in [5, 5.41) is 7.33. The van der Waals surface area contributed by atoms with E-state index >= 15 is 0 Å². The molecule has 28 heavy (non-hydrogen) atoms. The third-order valence-electron chi connectivity index (χ3n) is 4.18. The maximum atomic E-state index is 13.7. The average Bonchev–Trinajstić information content (AvgIpc) is 3.33. The molecule has 0 spiro atoms. The summed E-state index contributed by atoms with van der Waals surface area (Å²) < 4.78 is 27.5. The van der Waals surface area contributed by atoms with Gasteiger partial charge in [0.25, 0.3) is 5.91 Å². The van der Waals surface area contributed by atoms with E-state index in [1.165, 1.54) is 33.6 Å². The number of nitrogens with zero attached hydrogens (tertiary/aromatic N) is 2. The molecule has 2 aromatic heterocycles. The summed E-state index contributed by atoms with van der Waals surface area (Å²) in [7, 11) is 0. The number of thiophene rings is 1. The number of thiazole rings is 1. The number of aromatic nitrogens is 1. The number of hydrogen-bond acceptors (Lipinski definition) is 5. The number of benzene rings is 1. The van der Waals surface area contributed by atoms with Crippen LogP contribution in [0.1, 0.15) is 20.2 Å². The summed E-state index contributed by atoms with van der Waals surface area (Å²) in [6, 6.07) is 6.32. The number of hydrogen-bond donors (Lipinski definition) is 2. The topological polar surface area (TPSA) is 74.3 Å². The van der Waals surface area contributed by atoms with Crippen LogP contribution < -0.4 is 10.6 Å². The quantitative estimate of drug-likeness (QED) is 0.663. The molecule has 3 aromatic rings. The zero-order valence-electron chi connectivity index (χ0n) is 14.4. The Hall–Kier alpha value is -2.85. The molecule has 0 aliphatic carbocycles. The predicted molar refractivity (Wildman–Crippen MR) is 104 cm³/mol. The molecule has 3 heterocycles. The van der Waals surface area contributed by atoms with Gasteiger partial charge in [-0.2, -0.15) is 0 Å². The molecule has 0 atom stereocenters. The van der Waals surface area contributed by atoms with Gasteiger partial charge in [-0.15, -0.1) is 11.3 Å². The Morgan fingerprint density at radius 3 is 2.61 bits per heavy atom. The van der Waals surface area contributed by atoms with Crippen LogP contribution in [0.2, 0.25) is 0 Å². The number of halogens is 2. The Bertz CT molecular complexity index is 1020. The minimum absolute atomic E-state index is 0.231. The van der Waals surface area contributed by atoms with Crippen LogP contribution in [0, 0.1) is 11.6 Å². The van der Waals surface area contributed by atoms with Crippen molar-refractivity contribution in [2.75, 3.05) is 17.2 Å². The molecular formula is C18H14F2N4O2S2. The van der Waals surface area contributed by atoms with Gasteiger partial charge in [-0.3, -0.25) is 10.1 Å². The zero-order valence-corrected chi connectivity index (χ0v) is 16.0. The maximum Gasteiger partial charge on any atom is 0.322 e.